The Hall–Kier alpha value is -2.09. The minimum atomic E-state index is -0.583. The summed E-state index contributed by atoms with van der Waals surface area (Å²) in [7, 11) is 0. The number of carbonyl (C=O) groups excluding carboxylic acids is 2. The second-order valence-corrected chi connectivity index (χ2v) is 3.26. The average molecular weight is 220 g/mol. The predicted octanol–water partition coefficient (Wildman–Crippen LogP) is 0.614. The minimum absolute atomic E-state index is 0.0707. The Bertz CT molecular complexity index is 417. The van der Waals surface area contributed by atoms with Gasteiger partial charge in [-0.3, -0.25) is 9.48 Å². The number of nitrogens with zero attached hydrogens (tertiary/aromatic N) is 2. The van der Waals surface area contributed by atoms with Crippen molar-refractivity contribution in [2.24, 2.45) is 0 Å². The van der Waals surface area contributed by atoms with Crippen LogP contribution in [0, 0.1) is 12.3 Å². The van der Waals surface area contributed by atoms with Gasteiger partial charge in [-0.2, -0.15) is 5.10 Å². The maximum Gasteiger partial charge on any atom is 0.158 e. The lowest BCUT2D eigenvalue weighted by Crippen LogP contribution is -2.14. The molecule has 0 spiro atoms. The molecule has 0 saturated carbocycles. The second kappa shape index (κ2) is 5.71. The molecular formula is C11H12N2O3. The van der Waals surface area contributed by atoms with Gasteiger partial charge < -0.3 is 9.53 Å². The number of hydrogen-bond acceptors (Lipinski definition) is 4. The first kappa shape index (κ1) is 12.0. The number of aldehydes is 1. The molecule has 1 rings (SSSR count). The fourth-order valence-corrected chi connectivity index (χ4v) is 1.20. The Balaban J connectivity index is 2.71. The van der Waals surface area contributed by atoms with Gasteiger partial charge >= 0.3 is 0 Å². The molecule has 1 unspecified atom stereocenters. The van der Waals surface area contributed by atoms with Crippen LogP contribution in [0.25, 0.3) is 0 Å². The fourth-order valence-electron chi connectivity index (χ4n) is 1.20. The molecule has 5 nitrogen and oxygen atoms in total. The third-order valence-corrected chi connectivity index (χ3v) is 1.89. The Morgan fingerprint density at radius 1 is 1.81 bits per heavy atom. The van der Waals surface area contributed by atoms with E-state index in [4.69, 9.17) is 11.2 Å². The number of carbonyl (C=O) groups is 2. The topological polar surface area (TPSA) is 61.2 Å². The minimum Gasteiger partial charge on any atom is -0.478 e. The van der Waals surface area contributed by atoms with Crippen molar-refractivity contribution in [2.75, 3.05) is 6.61 Å². The SMILES string of the molecule is C#CCOc1cnn(C(C=O)CC(C)=O)c1. The molecule has 1 aromatic heterocycles. The molecule has 1 atom stereocenters. The highest BCUT2D eigenvalue weighted by Crippen LogP contribution is 2.14. The molecule has 5 heteroatoms. The Morgan fingerprint density at radius 2 is 2.56 bits per heavy atom. The van der Waals surface area contributed by atoms with E-state index in [1.165, 1.54) is 17.8 Å². The van der Waals surface area contributed by atoms with Crippen LogP contribution in [0.2, 0.25) is 0 Å². The lowest BCUT2D eigenvalue weighted by molar-refractivity contribution is -0.120. The molecule has 0 bridgehead atoms. The molecule has 0 saturated heterocycles. The lowest BCUT2D eigenvalue weighted by Gasteiger charge is -2.07. The number of ketones is 1. The van der Waals surface area contributed by atoms with Gasteiger partial charge in [-0.1, -0.05) is 5.92 Å². The zero-order chi connectivity index (χ0) is 12.0. The fraction of sp³-hybridized carbons (Fsp3) is 0.364. The van der Waals surface area contributed by atoms with E-state index in [0.29, 0.717) is 12.0 Å². The molecule has 1 aromatic rings. The summed E-state index contributed by atoms with van der Waals surface area (Å²) in [5, 5.41) is 3.93. The number of aromatic nitrogens is 2. The van der Waals surface area contributed by atoms with Crippen molar-refractivity contribution in [1.29, 1.82) is 0 Å². The largest absolute Gasteiger partial charge is 0.478 e. The summed E-state index contributed by atoms with van der Waals surface area (Å²) >= 11 is 0. The van der Waals surface area contributed by atoms with Crippen LogP contribution < -0.4 is 4.74 Å². The number of terminal acetylenes is 1. The van der Waals surface area contributed by atoms with Crippen molar-refractivity contribution >= 4 is 12.1 Å². The van der Waals surface area contributed by atoms with Crippen molar-refractivity contribution in [1.82, 2.24) is 9.78 Å². The number of ether oxygens (including phenoxy) is 1. The zero-order valence-corrected chi connectivity index (χ0v) is 8.92. The third kappa shape index (κ3) is 3.24. The van der Waals surface area contributed by atoms with E-state index in [2.05, 4.69) is 11.0 Å². The maximum absolute atomic E-state index is 10.9. The van der Waals surface area contributed by atoms with E-state index < -0.39 is 6.04 Å². The van der Waals surface area contributed by atoms with Crippen LogP contribution in [0.3, 0.4) is 0 Å². The van der Waals surface area contributed by atoms with Crippen LogP contribution in [-0.4, -0.2) is 28.5 Å². The van der Waals surface area contributed by atoms with Gasteiger partial charge in [-0.25, -0.2) is 0 Å². The van der Waals surface area contributed by atoms with E-state index in [0.717, 1.165) is 0 Å². The molecule has 0 aliphatic heterocycles. The standard InChI is InChI=1S/C11H12N2O3/c1-3-4-16-11-6-12-13(7-11)10(8-14)5-9(2)15/h1,6-8,10H,4-5H2,2H3. The molecule has 0 amide bonds. The zero-order valence-electron chi connectivity index (χ0n) is 8.92. The van der Waals surface area contributed by atoms with E-state index in [-0.39, 0.29) is 18.8 Å². The van der Waals surface area contributed by atoms with Crippen LogP contribution in [0.5, 0.6) is 5.75 Å². The molecule has 84 valence electrons. The van der Waals surface area contributed by atoms with Gasteiger partial charge in [0.05, 0.1) is 12.4 Å². The van der Waals surface area contributed by atoms with Crippen molar-refractivity contribution in [3.63, 3.8) is 0 Å². The molecule has 0 aromatic carbocycles. The summed E-state index contributed by atoms with van der Waals surface area (Å²) in [4.78, 5) is 21.7. The number of Topliss-reactive ketones (excluding diaryl/α,β-unsaturated/α-hetero) is 1. The van der Waals surface area contributed by atoms with Crippen molar-refractivity contribution in [2.45, 2.75) is 19.4 Å². The van der Waals surface area contributed by atoms with E-state index in [9.17, 15) is 9.59 Å². The lowest BCUT2D eigenvalue weighted by atomic mass is 10.2. The van der Waals surface area contributed by atoms with Gasteiger partial charge in [-0.15, -0.1) is 6.42 Å². The molecule has 1 heterocycles. The third-order valence-electron chi connectivity index (χ3n) is 1.89. The van der Waals surface area contributed by atoms with Crippen molar-refractivity contribution < 1.29 is 14.3 Å². The van der Waals surface area contributed by atoms with Gasteiger partial charge in [0.25, 0.3) is 0 Å². The predicted molar refractivity (Wildman–Crippen MR) is 57.0 cm³/mol. The monoisotopic (exact) mass is 220 g/mol. The van der Waals surface area contributed by atoms with Crippen LogP contribution in [0.1, 0.15) is 19.4 Å². The first-order valence-electron chi connectivity index (χ1n) is 4.72. The summed E-state index contributed by atoms with van der Waals surface area (Å²) in [5.41, 5.74) is 0. The molecule has 0 aliphatic rings. The van der Waals surface area contributed by atoms with Crippen LogP contribution in [-0.2, 0) is 9.59 Å². The Kier molecular flexibility index (Phi) is 4.28. The molecular weight excluding hydrogens is 208 g/mol. The summed E-state index contributed by atoms with van der Waals surface area (Å²) < 4.78 is 6.50. The maximum atomic E-state index is 10.9. The van der Waals surface area contributed by atoms with E-state index >= 15 is 0 Å². The smallest absolute Gasteiger partial charge is 0.158 e. The first-order valence-corrected chi connectivity index (χ1v) is 4.72. The van der Waals surface area contributed by atoms with Crippen LogP contribution in [0.4, 0.5) is 0 Å². The van der Waals surface area contributed by atoms with Crippen LogP contribution >= 0.6 is 0 Å². The second-order valence-electron chi connectivity index (χ2n) is 3.26. The molecule has 0 N–H and O–H groups in total. The van der Waals surface area contributed by atoms with E-state index in [1.807, 2.05) is 0 Å². The normalized spacial score (nSPS) is 11.5. The Labute approximate surface area is 93.4 Å². The van der Waals surface area contributed by atoms with E-state index in [1.54, 1.807) is 6.20 Å². The number of rotatable bonds is 6. The quantitative estimate of drug-likeness (QED) is 0.520. The molecule has 16 heavy (non-hydrogen) atoms. The van der Waals surface area contributed by atoms with Gasteiger partial charge in [0, 0.05) is 6.42 Å². The van der Waals surface area contributed by atoms with Crippen molar-refractivity contribution in [3.8, 4) is 18.1 Å². The molecule has 0 radical (unpaired) electrons. The highest BCUT2D eigenvalue weighted by molar-refractivity contribution is 5.79. The first-order chi connectivity index (χ1) is 7.67. The summed E-state index contributed by atoms with van der Waals surface area (Å²) in [5.74, 6) is 2.73. The van der Waals surface area contributed by atoms with Gasteiger partial charge in [-0.05, 0) is 6.92 Å². The highest BCUT2D eigenvalue weighted by Gasteiger charge is 2.13. The summed E-state index contributed by atoms with van der Waals surface area (Å²) in [6.07, 6.45) is 8.83. The Morgan fingerprint density at radius 3 is 3.12 bits per heavy atom. The highest BCUT2D eigenvalue weighted by atomic mass is 16.5. The van der Waals surface area contributed by atoms with Gasteiger partial charge in [0.15, 0.2) is 5.75 Å². The van der Waals surface area contributed by atoms with Gasteiger partial charge in [0.2, 0.25) is 0 Å². The van der Waals surface area contributed by atoms with Crippen LogP contribution in [0.15, 0.2) is 12.4 Å². The average Bonchev–Trinajstić information content (AvgIpc) is 2.71. The van der Waals surface area contributed by atoms with Crippen molar-refractivity contribution in [3.05, 3.63) is 12.4 Å². The number of hydrogen-bond donors (Lipinski definition) is 0. The van der Waals surface area contributed by atoms with Gasteiger partial charge in [0.1, 0.15) is 24.7 Å². The summed E-state index contributed by atoms with van der Waals surface area (Å²) in [6.45, 7) is 1.57. The molecule has 0 fully saturated rings. The summed E-state index contributed by atoms with van der Waals surface area (Å²) in [6, 6.07) is -0.583. The molecule has 0 aliphatic carbocycles.